The zero-order valence-corrected chi connectivity index (χ0v) is 11.5. The SMILES string of the molecule is COc1ccccc1/C=C/C(=O)NCC1(O)CCOC1. The Kier molecular flexibility index (Phi) is 4.76. The molecule has 0 spiro atoms. The molecule has 0 radical (unpaired) electrons. The number of aliphatic hydroxyl groups is 1. The lowest BCUT2D eigenvalue weighted by Crippen LogP contribution is -2.42. The molecule has 1 aromatic rings. The van der Waals surface area contributed by atoms with E-state index in [0.29, 0.717) is 18.8 Å². The summed E-state index contributed by atoms with van der Waals surface area (Å²) in [5.41, 5.74) is -0.110. The number of carbonyl (C=O) groups is 1. The fourth-order valence-electron chi connectivity index (χ4n) is 2.02. The van der Waals surface area contributed by atoms with Gasteiger partial charge in [-0.1, -0.05) is 18.2 Å². The molecule has 0 saturated carbocycles. The van der Waals surface area contributed by atoms with E-state index in [0.717, 1.165) is 5.56 Å². The predicted octanol–water partition coefficient (Wildman–Crippen LogP) is 0.976. The lowest BCUT2D eigenvalue weighted by atomic mass is 10.0. The summed E-state index contributed by atoms with van der Waals surface area (Å²) in [4.78, 5) is 11.7. The van der Waals surface area contributed by atoms with Gasteiger partial charge in [0, 0.05) is 31.2 Å². The number of rotatable bonds is 5. The summed E-state index contributed by atoms with van der Waals surface area (Å²) < 4.78 is 10.3. The number of ether oxygens (including phenoxy) is 2. The molecule has 20 heavy (non-hydrogen) atoms. The second kappa shape index (κ2) is 6.54. The molecule has 0 bridgehead atoms. The molecular formula is C15H19NO4. The second-order valence-corrected chi connectivity index (χ2v) is 4.82. The maximum absolute atomic E-state index is 11.7. The van der Waals surface area contributed by atoms with Crippen LogP contribution in [-0.2, 0) is 9.53 Å². The molecular weight excluding hydrogens is 258 g/mol. The monoisotopic (exact) mass is 277 g/mol. The van der Waals surface area contributed by atoms with Crippen LogP contribution in [-0.4, -0.2) is 43.5 Å². The van der Waals surface area contributed by atoms with E-state index in [2.05, 4.69) is 5.32 Å². The fourth-order valence-corrected chi connectivity index (χ4v) is 2.02. The third kappa shape index (κ3) is 3.82. The lowest BCUT2D eigenvalue weighted by Gasteiger charge is -2.19. The van der Waals surface area contributed by atoms with E-state index < -0.39 is 5.60 Å². The van der Waals surface area contributed by atoms with Gasteiger partial charge >= 0.3 is 0 Å². The molecule has 0 aromatic heterocycles. The first-order chi connectivity index (χ1) is 9.63. The Labute approximate surface area is 118 Å². The highest BCUT2D eigenvalue weighted by Crippen LogP contribution is 2.19. The van der Waals surface area contributed by atoms with Gasteiger partial charge in [0.2, 0.25) is 5.91 Å². The summed E-state index contributed by atoms with van der Waals surface area (Å²) >= 11 is 0. The Balaban J connectivity index is 1.89. The highest BCUT2D eigenvalue weighted by atomic mass is 16.5. The van der Waals surface area contributed by atoms with Crippen LogP contribution in [0.2, 0.25) is 0 Å². The molecule has 1 amide bonds. The summed E-state index contributed by atoms with van der Waals surface area (Å²) in [5, 5.41) is 12.7. The van der Waals surface area contributed by atoms with Gasteiger partial charge < -0.3 is 19.9 Å². The van der Waals surface area contributed by atoms with Crippen LogP contribution in [0.25, 0.3) is 6.08 Å². The van der Waals surface area contributed by atoms with Crippen LogP contribution in [0.4, 0.5) is 0 Å². The molecule has 108 valence electrons. The van der Waals surface area contributed by atoms with E-state index in [9.17, 15) is 9.90 Å². The maximum Gasteiger partial charge on any atom is 0.244 e. The topological polar surface area (TPSA) is 67.8 Å². The number of carbonyl (C=O) groups excluding carboxylic acids is 1. The van der Waals surface area contributed by atoms with Gasteiger partial charge in [0.1, 0.15) is 11.4 Å². The summed E-state index contributed by atoms with van der Waals surface area (Å²) in [7, 11) is 1.59. The number of para-hydroxylation sites is 1. The highest BCUT2D eigenvalue weighted by Gasteiger charge is 2.32. The minimum absolute atomic E-state index is 0.197. The van der Waals surface area contributed by atoms with Crippen LogP contribution < -0.4 is 10.1 Å². The Hall–Kier alpha value is -1.85. The van der Waals surface area contributed by atoms with Crippen LogP contribution in [0.5, 0.6) is 5.75 Å². The van der Waals surface area contributed by atoms with Crippen molar-refractivity contribution in [3.05, 3.63) is 35.9 Å². The largest absolute Gasteiger partial charge is 0.496 e. The smallest absolute Gasteiger partial charge is 0.244 e. The van der Waals surface area contributed by atoms with Crippen molar-refractivity contribution in [3.63, 3.8) is 0 Å². The quantitative estimate of drug-likeness (QED) is 0.787. The van der Waals surface area contributed by atoms with Crippen LogP contribution >= 0.6 is 0 Å². The Morgan fingerprint density at radius 1 is 1.55 bits per heavy atom. The molecule has 1 fully saturated rings. The van der Waals surface area contributed by atoms with Gasteiger partial charge in [-0.15, -0.1) is 0 Å². The molecule has 1 saturated heterocycles. The van der Waals surface area contributed by atoms with Gasteiger partial charge in [0.15, 0.2) is 0 Å². The Morgan fingerprint density at radius 3 is 3.05 bits per heavy atom. The molecule has 1 heterocycles. The molecule has 1 unspecified atom stereocenters. The van der Waals surface area contributed by atoms with Crippen LogP contribution in [0.1, 0.15) is 12.0 Å². The average molecular weight is 277 g/mol. The van der Waals surface area contributed by atoms with Gasteiger partial charge in [0.05, 0.1) is 13.7 Å². The van der Waals surface area contributed by atoms with Crippen molar-refractivity contribution in [1.29, 1.82) is 0 Å². The zero-order valence-electron chi connectivity index (χ0n) is 11.5. The minimum atomic E-state index is -0.937. The number of benzene rings is 1. The second-order valence-electron chi connectivity index (χ2n) is 4.82. The van der Waals surface area contributed by atoms with Crippen LogP contribution in [0.15, 0.2) is 30.3 Å². The van der Waals surface area contributed by atoms with Gasteiger partial charge in [0.25, 0.3) is 0 Å². The number of hydrogen-bond donors (Lipinski definition) is 2. The third-order valence-electron chi connectivity index (χ3n) is 3.23. The van der Waals surface area contributed by atoms with E-state index in [1.54, 1.807) is 13.2 Å². The first-order valence-electron chi connectivity index (χ1n) is 6.52. The first kappa shape index (κ1) is 14.6. The summed E-state index contributed by atoms with van der Waals surface area (Å²) in [6.07, 6.45) is 3.66. The van der Waals surface area contributed by atoms with E-state index in [1.165, 1.54) is 6.08 Å². The van der Waals surface area contributed by atoms with Crippen molar-refractivity contribution in [2.24, 2.45) is 0 Å². The van der Waals surface area contributed by atoms with Gasteiger partial charge in [-0.3, -0.25) is 4.79 Å². The molecule has 5 nitrogen and oxygen atoms in total. The van der Waals surface area contributed by atoms with Crippen molar-refractivity contribution < 1.29 is 19.4 Å². The van der Waals surface area contributed by atoms with Gasteiger partial charge in [-0.2, -0.15) is 0 Å². The zero-order chi connectivity index (χ0) is 14.4. The number of hydrogen-bond acceptors (Lipinski definition) is 4. The van der Waals surface area contributed by atoms with E-state index >= 15 is 0 Å². The van der Waals surface area contributed by atoms with Crippen molar-refractivity contribution in [1.82, 2.24) is 5.32 Å². The van der Waals surface area contributed by atoms with E-state index in [4.69, 9.17) is 9.47 Å². The number of amides is 1. The minimum Gasteiger partial charge on any atom is -0.496 e. The molecule has 5 heteroatoms. The first-order valence-corrected chi connectivity index (χ1v) is 6.52. The Morgan fingerprint density at radius 2 is 2.35 bits per heavy atom. The molecule has 2 N–H and O–H groups in total. The van der Waals surface area contributed by atoms with E-state index in [1.807, 2.05) is 24.3 Å². The number of nitrogens with one attached hydrogen (secondary N) is 1. The molecule has 1 atom stereocenters. The lowest BCUT2D eigenvalue weighted by molar-refractivity contribution is -0.117. The normalized spacial score (nSPS) is 22.1. The van der Waals surface area contributed by atoms with Crippen molar-refractivity contribution >= 4 is 12.0 Å². The van der Waals surface area contributed by atoms with Gasteiger partial charge in [-0.25, -0.2) is 0 Å². The Bertz CT molecular complexity index is 492. The van der Waals surface area contributed by atoms with E-state index in [-0.39, 0.29) is 19.1 Å². The third-order valence-corrected chi connectivity index (χ3v) is 3.23. The highest BCUT2D eigenvalue weighted by molar-refractivity contribution is 5.92. The number of methoxy groups -OCH3 is 1. The molecule has 2 rings (SSSR count). The molecule has 1 aliphatic rings. The molecule has 0 aliphatic carbocycles. The maximum atomic E-state index is 11.7. The van der Waals surface area contributed by atoms with Crippen LogP contribution in [0.3, 0.4) is 0 Å². The predicted molar refractivity (Wildman–Crippen MR) is 75.4 cm³/mol. The van der Waals surface area contributed by atoms with Crippen molar-refractivity contribution in [3.8, 4) is 5.75 Å². The summed E-state index contributed by atoms with van der Waals surface area (Å²) in [6.45, 7) is 0.995. The van der Waals surface area contributed by atoms with Crippen molar-refractivity contribution in [2.75, 3.05) is 26.9 Å². The standard InChI is InChI=1S/C15H19NO4/c1-19-13-5-3-2-4-12(13)6-7-14(17)16-10-15(18)8-9-20-11-15/h2-7,18H,8-11H2,1H3,(H,16,17)/b7-6+. The molecule has 1 aliphatic heterocycles. The molecule has 1 aromatic carbocycles. The average Bonchev–Trinajstić information content (AvgIpc) is 2.90. The summed E-state index contributed by atoms with van der Waals surface area (Å²) in [5.74, 6) is 0.454. The van der Waals surface area contributed by atoms with Gasteiger partial charge in [-0.05, 0) is 12.1 Å². The van der Waals surface area contributed by atoms with Crippen molar-refractivity contribution in [2.45, 2.75) is 12.0 Å². The summed E-state index contributed by atoms with van der Waals surface area (Å²) in [6, 6.07) is 7.43. The van der Waals surface area contributed by atoms with Crippen LogP contribution in [0, 0.1) is 0 Å². The fraction of sp³-hybridized carbons (Fsp3) is 0.400.